The molecule has 0 radical (unpaired) electrons. The summed E-state index contributed by atoms with van der Waals surface area (Å²) < 4.78 is 11.5. The number of nitrogens with one attached hydrogen (secondary N) is 1. The first-order valence-corrected chi connectivity index (χ1v) is 9.19. The van der Waals surface area contributed by atoms with E-state index in [2.05, 4.69) is 52.7 Å². The lowest BCUT2D eigenvalue weighted by Crippen LogP contribution is -2.51. The summed E-state index contributed by atoms with van der Waals surface area (Å²) in [5.74, 6) is 1.70. The van der Waals surface area contributed by atoms with E-state index in [0.29, 0.717) is 12.1 Å². The zero-order valence-corrected chi connectivity index (χ0v) is 14.8. The Morgan fingerprint density at radius 1 is 1.08 bits per heavy atom. The van der Waals surface area contributed by atoms with E-state index in [1.807, 2.05) is 6.07 Å². The largest absolute Gasteiger partial charge is 0.493 e. The molecular formula is C21H26N2O2. The van der Waals surface area contributed by atoms with Gasteiger partial charge in [-0.15, -0.1) is 0 Å². The van der Waals surface area contributed by atoms with E-state index in [0.717, 1.165) is 50.4 Å². The maximum Gasteiger partial charge on any atom is 0.163 e. The molecule has 2 aliphatic rings. The van der Waals surface area contributed by atoms with Crippen molar-refractivity contribution in [3.63, 3.8) is 0 Å². The SMILES string of the molecule is COc1ccc(N2CCN[C@@H](Cc3ccccc3)C2)cc1OC1CC1. The predicted octanol–water partition coefficient (Wildman–Crippen LogP) is 3.26. The standard InChI is InChI=1S/C21H26N2O2/c1-24-20-10-7-18(14-21(20)25-19-8-9-19)23-12-11-22-17(15-23)13-16-5-3-2-4-6-16/h2-7,10,14,17,19,22H,8-9,11-13,15H2,1H3/t17-/m0/s1. The quantitative estimate of drug-likeness (QED) is 0.877. The summed E-state index contributed by atoms with van der Waals surface area (Å²) in [7, 11) is 1.70. The van der Waals surface area contributed by atoms with Gasteiger partial charge in [0.25, 0.3) is 0 Å². The van der Waals surface area contributed by atoms with Crippen molar-refractivity contribution in [1.82, 2.24) is 5.32 Å². The van der Waals surface area contributed by atoms with Crippen LogP contribution in [0.15, 0.2) is 48.5 Å². The maximum absolute atomic E-state index is 6.03. The van der Waals surface area contributed by atoms with Gasteiger partial charge in [-0.05, 0) is 37.0 Å². The number of hydrogen-bond donors (Lipinski definition) is 1. The minimum atomic E-state index is 0.373. The molecule has 1 N–H and O–H groups in total. The van der Waals surface area contributed by atoms with Crippen molar-refractivity contribution in [3.8, 4) is 11.5 Å². The number of nitrogens with zero attached hydrogens (tertiary/aromatic N) is 1. The molecule has 1 saturated heterocycles. The Morgan fingerprint density at radius 2 is 1.92 bits per heavy atom. The first kappa shape index (κ1) is 16.3. The van der Waals surface area contributed by atoms with Crippen LogP contribution in [0.3, 0.4) is 0 Å². The van der Waals surface area contributed by atoms with Crippen molar-refractivity contribution in [2.24, 2.45) is 0 Å². The van der Waals surface area contributed by atoms with E-state index < -0.39 is 0 Å². The van der Waals surface area contributed by atoms with Crippen LogP contribution in [0.1, 0.15) is 18.4 Å². The molecule has 4 nitrogen and oxygen atoms in total. The van der Waals surface area contributed by atoms with E-state index in [1.54, 1.807) is 7.11 Å². The Balaban J connectivity index is 1.46. The fraction of sp³-hybridized carbons (Fsp3) is 0.429. The lowest BCUT2D eigenvalue weighted by molar-refractivity contribution is 0.282. The fourth-order valence-corrected chi connectivity index (χ4v) is 3.41. The van der Waals surface area contributed by atoms with Gasteiger partial charge < -0.3 is 19.7 Å². The van der Waals surface area contributed by atoms with Crippen molar-refractivity contribution < 1.29 is 9.47 Å². The molecule has 4 rings (SSSR count). The van der Waals surface area contributed by atoms with E-state index >= 15 is 0 Å². The van der Waals surface area contributed by atoms with E-state index in [4.69, 9.17) is 9.47 Å². The minimum absolute atomic E-state index is 0.373. The van der Waals surface area contributed by atoms with Gasteiger partial charge in [-0.25, -0.2) is 0 Å². The van der Waals surface area contributed by atoms with Crippen LogP contribution in [0, 0.1) is 0 Å². The van der Waals surface area contributed by atoms with E-state index in [1.165, 1.54) is 11.3 Å². The summed E-state index contributed by atoms with van der Waals surface area (Å²) in [6.45, 7) is 3.02. The van der Waals surface area contributed by atoms with Crippen LogP contribution in [-0.4, -0.2) is 38.9 Å². The first-order valence-electron chi connectivity index (χ1n) is 9.19. The van der Waals surface area contributed by atoms with Gasteiger partial charge in [0.1, 0.15) is 0 Å². The summed E-state index contributed by atoms with van der Waals surface area (Å²) in [5.41, 5.74) is 2.60. The molecule has 4 heteroatoms. The summed E-state index contributed by atoms with van der Waals surface area (Å²) in [6, 6.07) is 17.5. The second kappa shape index (κ2) is 7.36. The zero-order chi connectivity index (χ0) is 17.1. The molecule has 0 aromatic heterocycles. The number of rotatable bonds is 6. The van der Waals surface area contributed by atoms with Gasteiger partial charge in [0.2, 0.25) is 0 Å². The topological polar surface area (TPSA) is 33.7 Å². The molecule has 132 valence electrons. The molecule has 1 aliphatic heterocycles. The van der Waals surface area contributed by atoms with Crippen LogP contribution in [0.4, 0.5) is 5.69 Å². The Morgan fingerprint density at radius 3 is 2.68 bits per heavy atom. The summed E-state index contributed by atoms with van der Waals surface area (Å²) in [6.07, 6.45) is 3.73. The molecule has 0 unspecified atom stereocenters. The number of anilines is 1. The highest BCUT2D eigenvalue weighted by Gasteiger charge is 2.26. The highest BCUT2D eigenvalue weighted by molar-refractivity contribution is 5.57. The minimum Gasteiger partial charge on any atom is -0.493 e. The van der Waals surface area contributed by atoms with E-state index in [-0.39, 0.29) is 0 Å². The third-order valence-electron chi connectivity index (χ3n) is 4.91. The predicted molar refractivity (Wildman–Crippen MR) is 101 cm³/mol. The van der Waals surface area contributed by atoms with Gasteiger partial charge >= 0.3 is 0 Å². The van der Waals surface area contributed by atoms with Gasteiger partial charge in [-0.3, -0.25) is 0 Å². The smallest absolute Gasteiger partial charge is 0.163 e. The van der Waals surface area contributed by atoms with Gasteiger partial charge in [-0.2, -0.15) is 0 Å². The lowest BCUT2D eigenvalue weighted by atomic mass is 10.0. The van der Waals surface area contributed by atoms with Crippen LogP contribution in [-0.2, 0) is 6.42 Å². The highest BCUT2D eigenvalue weighted by atomic mass is 16.5. The monoisotopic (exact) mass is 338 g/mol. The van der Waals surface area contributed by atoms with Crippen LogP contribution in [0.5, 0.6) is 11.5 Å². The molecule has 1 saturated carbocycles. The van der Waals surface area contributed by atoms with E-state index in [9.17, 15) is 0 Å². The van der Waals surface area contributed by atoms with Crippen LogP contribution < -0.4 is 19.7 Å². The molecule has 1 heterocycles. The Kier molecular flexibility index (Phi) is 4.79. The molecule has 1 aliphatic carbocycles. The maximum atomic E-state index is 6.03. The molecule has 2 aromatic carbocycles. The van der Waals surface area contributed by atoms with Gasteiger partial charge in [0.05, 0.1) is 13.2 Å². The molecular weight excluding hydrogens is 312 g/mol. The second-order valence-electron chi connectivity index (χ2n) is 6.94. The molecule has 0 amide bonds. The average molecular weight is 338 g/mol. The molecule has 2 fully saturated rings. The van der Waals surface area contributed by atoms with Crippen molar-refractivity contribution in [2.45, 2.75) is 31.4 Å². The normalized spacial score (nSPS) is 20.4. The summed E-state index contributed by atoms with van der Waals surface area (Å²) >= 11 is 0. The van der Waals surface area contributed by atoms with Crippen molar-refractivity contribution in [2.75, 3.05) is 31.6 Å². The summed E-state index contributed by atoms with van der Waals surface area (Å²) in [4.78, 5) is 2.45. The molecule has 25 heavy (non-hydrogen) atoms. The van der Waals surface area contributed by atoms with Gasteiger partial charge in [0.15, 0.2) is 11.5 Å². The van der Waals surface area contributed by atoms with Crippen molar-refractivity contribution in [3.05, 3.63) is 54.1 Å². The Hall–Kier alpha value is -2.20. The third kappa shape index (κ3) is 4.07. The second-order valence-corrected chi connectivity index (χ2v) is 6.94. The fourth-order valence-electron chi connectivity index (χ4n) is 3.41. The van der Waals surface area contributed by atoms with Gasteiger partial charge in [0, 0.05) is 37.4 Å². The number of methoxy groups -OCH3 is 1. The van der Waals surface area contributed by atoms with Crippen molar-refractivity contribution >= 4 is 5.69 Å². The van der Waals surface area contributed by atoms with Crippen LogP contribution >= 0.6 is 0 Å². The first-order chi connectivity index (χ1) is 12.3. The lowest BCUT2D eigenvalue weighted by Gasteiger charge is -2.35. The highest BCUT2D eigenvalue weighted by Crippen LogP contribution is 2.36. The molecule has 1 atom stereocenters. The summed E-state index contributed by atoms with van der Waals surface area (Å²) in [5, 5.41) is 3.65. The Labute approximate surface area is 149 Å². The third-order valence-corrected chi connectivity index (χ3v) is 4.91. The van der Waals surface area contributed by atoms with Crippen LogP contribution in [0.25, 0.3) is 0 Å². The molecule has 0 spiro atoms. The molecule has 2 aromatic rings. The average Bonchev–Trinajstić information content (AvgIpc) is 3.47. The van der Waals surface area contributed by atoms with Crippen molar-refractivity contribution in [1.29, 1.82) is 0 Å². The van der Waals surface area contributed by atoms with Crippen LogP contribution in [0.2, 0.25) is 0 Å². The van der Waals surface area contributed by atoms with Gasteiger partial charge in [-0.1, -0.05) is 30.3 Å². The number of piperazine rings is 1. The molecule has 0 bridgehead atoms. The number of benzene rings is 2. The zero-order valence-electron chi connectivity index (χ0n) is 14.8. The number of hydrogen-bond acceptors (Lipinski definition) is 4. The Bertz CT molecular complexity index is 700. The number of ether oxygens (including phenoxy) is 2.